The van der Waals surface area contributed by atoms with Gasteiger partial charge in [-0.15, -0.1) is 0 Å². The molecule has 0 spiro atoms. The number of hydrogen-bond acceptors (Lipinski definition) is 2. The highest BCUT2D eigenvalue weighted by Gasteiger charge is 2.13. The van der Waals surface area contributed by atoms with E-state index in [1.165, 1.54) is 11.6 Å². The fourth-order valence-corrected chi connectivity index (χ4v) is 4.02. The van der Waals surface area contributed by atoms with Crippen molar-refractivity contribution in [3.8, 4) is 11.3 Å². The number of aromatic amines is 1. The molecular formula is C28H22ClN3O. The lowest BCUT2D eigenvalue weighted by atomic mass is 10.1. The van der Waals surface area contributed by atoms with Crippen LogP contribution in [0.15, 0.2) is 84.9 Å². The van der Waals surface area contributed by atoms with Crippen LogP contribution in [0.4, 0.5) is 0 Å². The number of halogens is 1. The van der Waals surface area contributed by atoms with Gasteiger partial charge in [0.25, 0.3) is 0 Å². The summed E-state index contributed by atoms with van der Waals surface area (Å²) >= 11 is 5.91. The fourth-order valence-electron chi connectivity index (χ4n) is 3.89. The first-order valence-corrected chi connectivity index (χ1v) is 11.1. The average Bonchev–Trinajstić information content (AvgIpc) is 3.21. The van der Waals surface area contributed by atoms with Crippen molar-refractivity contribution in [3.63, 3.8) is 0 Å². The molecule has 1 amide bonds. The molecular weight excluding hydrogens is 430 g/mol. The van der Waals surface area contributed by atoms with Crippen molar-refractivity contribution in [1.82, 2.24) is 15.3 Å². The van der Waals surface area contributed by atoms with Gasteiger partial charge in [-0.25, -0.2) is 4.98 Å². The number of para-hydroxylation sites is 1. The zero-order valence-electron chi connectivity index (χ0n) is 18.1. The minimum atomic E-state index is -0.178. The van der Waals surface area contributed by atoms with Crippen LogP contribution in [0.25, 0.3) is 39.1 Å². The Balaban J connectivity index is 1.46. The first kappa shape index (κ1) is 21.0. The summed E-state index contributed by atoms with van der Waals surface area (Å²) in [5.74, 6) is -0.178. The maximum absolute atomic E-state index is 12.4. The molecule has 0 bridgehead atoms. The van der Waals surface area contributed by atoms with Crippen LogP contribution in [0.5, 0.6) is 0 Å². The number of fused-ring (bicyclic) bond motifs is 3. The predicted molar refractivity (Wildman–Crippen MR) is 136 cm³/mol. The van der Waals surface area contributed by atoms with Gasteiger partial charge in [0.05, 0.1) is 23.4 Å². The van der Waals surface area contributed by atoms with E-state index >= 15 is 0 Å². The lowest BCUT2D eigenvalue weighted by Gasteiger charge is -2.08. The summed E-state index contributed by atoms with van der Waals surface area (Å²) in [6.45, 7) is 2.40. The molecule has 5 aromatic rings. The number of benzene rings is 3. The second-order valence-electron chi connectivity index (χ2n) is 8.02. The molecule has 2 aromatic heterocycles. The highest BCUT2D eigenvalue weighted by atomic mass is 35.5. The summed E-state index contributed by atoms with van der Waals surface area (Å²) in [6, 6.07) is 25.9. The summed E-state index contributed by atoms with van der Waals surface area (Å²) in [5.41, 5.74) is 6.89. The van der Waals surface area contributed by atoms with Gasteiger partial charge in [-0.05, 0) is 42.8 Å². The van der Waals surface area contributed by atoms with Crippen LogP contribution in [-0.4, -0.2) is 15.9 Å². The zero-order chi connectivity index (χ0) is 22.8. The van der Waals surface area contributed by atoms with Crippen LogP contribution < -0.4 is 5.32 Å². The third-order valence-corrected chi connectivity index (χ3v) is 5.87. The van der Waals surface area contributed by atoms with Crippen LogP contribution in [-0.2, 0) is 11.3 Å². The molecule has 4 nitrogen and oxygen atoms in total. The zero-order valence-corrected chi connectivity index (χ0v) is 18.9. The van der Waals surface area contributed by atoms with Gasteiger partial charge in [-0.1, -0.05) is 71.8 Å². The molecule has 0 atom stereocenters. The Bertz CT molecular complexity index is 1480. The van der Waals surface area contributed by atoms with Crippen molar-refractivity contribution in [2.75, 3.05) is 0 Å². The van der Waals surface area contributed by atoms with E-state index in [0.717, 1.165) is 44.3 Å². The summed E-state index contributed by atoms with van der Waals surface area (Å²) in [7, 11) is 0. The smallest absolute Gasteiger partial charge is 0.244 e. The third kappa shape index (κ3) is 4.52. The van der Waals surface area contributed by atoms with Crippen LogP contribution >= 0.6 is 11.6 Å². The number of amides is 1. The van der Waals surface area contributed by atoms with Gasteiger partial charge >= 0.3 is 0 Å². The lowest BCUT2D eigenvalue weighted by Crippen LogP contribution is -2.21. The van der Waals surface area contributed by atoms with Gasteiger partial charge in [-0.3, -0.25) is 4.79 Å². The number of rotatable bonds is 5. The molecule has 0 saturated carbocycles. The normalized spacial score (nSPS) is 11.5. The highest BCUT2D eigenvalue weighted by Crippen LogP contribution is 2.32. The van der Waals surface area contributed by atoms with Crippen molar-refractivity contribution >= 4 is 45.4 Å². The largest absolute Gasteiger partial charge is 0.353 e. The maximum Gasteiger partial charge on any atom is 0.244 e. The molecule has 0 fully saturated rings. The van der Waals surface area contributed by atoms with Crippen molar-refractivity contribution < 1.29 is 4.79 Å². The van der Waals surface area contributed by atoms with Gasteiger partial charge < -0.3 is 10.3 Å². The molecule has 3 aromatic carbocycles. The summed E-state index contributed by atoms with van der Waals surface area (Å²) in [6.07, 6.45) is 3.29. The summed E-state index contributed by atoms with van der Waals surface area (Å²) in [5, 5.41) is 5.85. The number of carbonyl (C=O) groups excluding carboxylic acids is 1. The van der Waals surface area contributed by atoms with Crippen LogP contribution in [0, 0.1) is 6.92 Å². The van der Waals surface area contributed by atoms with E-state index < -0.39 is 0 Å². The fraction of sp³-hybridized carbons (Fsp3) is 0.0714. The number of aryl methyl sites for hydroxylation is 1. The van der Waals surface area contributed by atoms with Gasteiger partial charge in [0.2, 0.25) is 5.91 Å². The van der Waals surface area contributed by atoms with Gasteiger partial charge in [0, 0.05) is 33.0 Å². The van der Waals surface area contributed by atoms with Crippen molar-refractivity contribution in [3.05, 3.63) is 107 Å². The molecule has 5 heteroatoms. The van der Waals surface area contributed by atoms with Gasteiger partial charge in [0.1, 0.15) is 0 Å². The molecule has 2 N–H and O–H groups in total. The molecule has 0 unspecified atom stereocenters. The number of nitrogens with one attached hydrogen (secondary N) is 2. The van der Waals surface area contributed by atoms with Crippen molar-refractivity contribution in [2.45, 2.75) is 13.5 Å². The first-order valence-electron chi connectivity index (χ1n) is 10.8. The number of H-pyrrole nitrogens is 1. The van der Waals surface area contributed by atoms with Crippen LogP contribution in [0.2, 0.25) is 5.02 Å². The molecule has 0 saturated heterocycles. The quantitative estimate of drug-likeness (QED) is 0.293. The second-order valence-corrected chi connectivity index (χ2v) is 8.46. The van der Waals surface area contributed by atoms with E-state index in [2.05, 4.69) is 59.7 Å². The minimum absolute atomic E-state index is 0.178. The number of nitrogens with zero attached hydrogens (tertiary/aromatic N) is 1. The van der Waals surface area contributed by atoms with Crippen LogP contribution in [0.3, 0.4) is 0 Å². The second kappa shape index (κ2) is 8.93. The number of hydrogen-bond donors (Lipinski definition) is 2. The highest BCUT2D eigenvalue weighted by molar-refractivity contribution is 6.30. The maximum atomic E-state index is 12.4. The Morgan fingerprint density at radius 2 is 1.76 bits per heavy atom. The molecule has 0 aliphatic carbocycles. The van der Waals surface area contributed by atoms with Crippen LogP contribution in [0.1, 0.15) is 16.8 Å². The average molecular weight is 452 g/mol. The molecule has 5 rings (SSSR count). The van der Waals surface area contributed by atoms with Gasteiger partial charge in [0.15, 0.2) is 0 Å². The van der Waals surface area contributed by atoms with E-state index in [0.29, 0.717) is 11.6 Å². The standard InChI is InChI=1S/C28H22ClN3O/c1-18-6-11-20(12-7-18)27-28-24(23-4-2-3-5-25(23)32-28)16-22(31-27)17-30-26(33)15-10-19-8-13-21(29)14-9-19/h2-16,32H,17H2,1H3,(H,30,33)/b15-10+. The summed E-state index contributed by atoms with van der Waals surface area (Å²) < 4.78 is 0. The van der Waals surface area contributed by atoms with Crippen molar-refractivity contribution in [1.29, 1.82) is 0 Å². The van der Waals surface area contributed by atoms with Gasteiger partial charge in [-0.2, -0.15) is 0 Å². The predicted octanol–water partition coefficient (Wildman–Crippen LogP) is 6.67. The molecule has 0 aliphatic heterocycles. The Kier molecular flexibility index (Phi) is 5.68. The number of carbonyl (C=O) groups is 1. The Morgan fingerprint density at radius 1 is 1.00 bits per heavy atom. The van der Waals surface area contributed by atoms with E-state index in [1.54, 1.807) is 18.2 Å². The summed E-state index contributed by atoms with van der Waals surface area (Å²) in [4.78, 5) is 20.9. The Labute approximate surface area is 196 Å². The van der Waals surface area contributed by atoms with E-state index in [-0.39, 0.29) is 5.91 Å². The minimum Gasteiger partial charge on any atom is -0.353 e. The SMILES string of the molecule is Cc1ccc(-c2nc(CNC(=O)/C=C/c3ccc(Cl)cc3)cc3c2[nH]c2ccccc23)cc1. The van der Waals surface area contributed by atoms with E-state index in [4.69, 9.17) is 16.6 Å². The first-order chi connectivity index (χ1) is 16.1. The molecule has 162 valence electrons. The number of pyridine rings is 1. The Hall–Kier alpha value is -3.89. The third-order valence-electron chi connectivity index (χ3n) is 5.62. The van der Waals surface area contributed by atoms with E-state index in [9.17, 15) is 4.79 Å². The Morgan fingerprint density at radius 3 is 2.55 bits per heavy atom. The topological polar surface area (TPSA) is 57.8 Å². The molecule has 2 heterocycles. The molecule has 0 aliphatic rings. The number of aromatic nitrogens is 2. The lowest BCUT2D eigenvalue weighted by molar-refractivity contribution is -0.116. The molecule has 0 radical (unpaired) electrons. The molecule has 33 heavy (non-hydrogen) atoms. The van der Waals surface area contributed by atoms with E-state index in [1.807, 2.05) is 24.3 Å². The van der Waals surface area contributed by atoms with Crippen molar-refractivity contribution in [2.24, 2.45) is 0 Å². The monoisotopic (exact) mass is 451 g/mol.